The van der Waals surface area contributed by atoms with Gasteiger partial charge in [-0.1, -0.05) is 64.1 Å². The van der Waals surface area contributed by atoms with Crippen LogP contribution < -0.4 is 4.74 Å². The maximum Gasteiger partial charge on any atom is 0.156 e. The standard InChI is InChI=1S/C16H15Cl3O2/c1-9-3-10(2)5-11(4-9)15(20)8-21-16-13(18)6-12(17)7-14(16)19/h3-7,15,20H,8H2,1-2H3. The molecule has 0 bridgehead atoms. The van der Waals surface area contributed by atoms with Crippen molar-refractivity contribution in [1.29, 1.82) is 0 Å². The van der Waals surface area contributed by atoms with Gasteiger partial charge in [0.05, 0.1) is 10.0 Å². The second-order valence-corrected chi connectivity index (χ2v) is 6.20. The molecule has 2 nitrogen and oxygen atoms in total. The Bertz CT molecular complexity index is 613. The van der Waals surface area contributed by atoms with Crippen molar-refractivity contribution in [1.82, 2.24) is 0 Å². The van der Waals surface area contributed by atoms with Crippen molar-refractivity contribution >= 4 is 34.8 Å². The Morgan fingerprint density at radius 1 is 0.952 bits per heavy atom. The first-order valence-electron chi connectivity index (χ1n) is 6.40. The van der Waals surface area contributed by atoms with E-state index in [1.165, 1.54) is 0 Å². The first-order valence-corrected chi connectivity index (χ1v) is 7.54. The molecule has 1 unspecified atom stereocenters. The Labute approximate surface area is 139 Å². The number of hydrogen-bond donors (Lipinski definition) is 1. The summed E-state index contributed by atoms with van der Waals surface area (Å²) in [6.07, 6.45) is -0.758. The normalized spacial score (nSPS) is 12.3. The van der Waals surface area contributed by atoms with Crippen molar-refractivity contribution in [2.75, 3.05) is 6.61 Å². The van der Waals surface area contributed by atoms with Gasteiger partial charge in [0.25, 0.3) is 0 Å². The SMILES string of the molecule is Cc1cc(C)cc(C(O)COc2c(Cl)cc(Cl)cc2Cl)c1. The molecule has 0 saturated carbocycles. The molecule has 1 atom stereocenters. The molecule has 2 aromatic rings. The van der Waals surface area contributed by atoms with Crippen LogP contribution in [-0.4, -0.2) is 11.7 Å². The lowest BCUT2D eigenvalue weighted by atomic mass is 10.0. The third kappa shape index (κ3) is 4.27. The van der Waals surface area contributed by atoms with Crippen LogP contribution >= 0.6 is 34.8 Å². The Morgan fingerprint density at radius 3 is 2.00 bits per heavy atom. The molecular formula is C16H15Cl3O2. The molecule has 1 N–H and O–H groups in total. The van der Waals surface area contributed by atoms with Crippen molar-refractivity contribution < 1.29 is 9.84 Å². The zero-order chi connectivity index (χ0) is 15.6. The fourth-order valence-electron chi connectivity index (χ4n) is 2.13. The summed E-state index contributed by atoms with van der Waals surface area (Å²) in [5.74, 6) is 0.325. The molecule has 21 heavy (non-hydrogen) atoms. The lowest BCUT2D eigenvalue weighted by Gasteiger charge is -2.16. The number of aliphatic hydroxyl groups excluding tert-OH is 1. The summed E-state index contributed by atoms with van der Waals surface area (Å²) in [7, 11) is 0. The molecule has 5 heteroatoms. The number of aliphatic hydroxyl groups is 1. The predicted molar refractivity (Wildman–Crippen MR) is 87.8 cm³/mol. The van der Waals surface area contributed by atoms with Gasteiger partial charge in [0.2, 0.25) is 0 Å². The van der Waals surface area contributed by atoms with Gasteiger partial charge in [0.1, 0.15) is 12.7 Å². The van der Waals surface area contributed by atoms with Gasteiger partial charge < -0.3 is 9.84 Å². The van der Waals surface area contributed by atoms with E-state index in [4.69, 9.17) is 39.5 Å². The first kappa shape index (κ1) is 16.4. The van der Waals surface area contributed by atoms with Crippen LogP contribution in [0.25, 0.3) is 0 Å². The second kappa shape index (κ2) is 6.89. The van der Waals surface area contributed by atoms with Crippen LogP contribution in [0.4, 0.5) is 0 Å². The van der Waals surface area contributed by atoms with Crippen molar-refractivity contribution in [3.63, 3.8) is 0 Å². The van der Waals surface area contributed by atoms with Gasteiger partial charge in [-0.15, -0.1) is 0 Å². The largest absolute Gasteiger partial charge is 0.487 e. The molecule has 2 rings (SSSR count). The van der Waals surface area contributed by atoms with Crippen LogP contribution in [0.5, 0.6) is 5.75 Å². The second-order valence-electron chi connectivity index (χ2n) is 4.95. The molecule has 0 spiro atoms. The van der Waals surface area contributed by atoms with E-state index in [1.807, 2.05) is 32.0 Å². The maximum atomic E-state index is 10.2. The lowest BCUT2D eigenvalue weighted by molar-refractivity contribution is 0.108. The first-order chi connectivity index (χ1) is 9.86. The zero-order valence-electron chi connectivity index (χ0n) is 11.7. The van der Waals surface area contributed by atoms with E-state index in [0.29, 0.717) is 20.8 Å². The molecule has 2 aromatic carbocycles. The minimum Gasteiger partial charge on any atom is -0.487 e. The molecule has 0 aliphatic carbocycles. The fraction of sp³-hybridized carbons (Fsp3) is 0.250. The van der Waals surface area contributed by atoms with Crippen LogP contribution in [0.15, 0.2) is 30.3 Å². The Kier molecular flexibility index (Phi) is 5.39. The van der Waals surface area contributed by atoms with E-state index in [1.54, 1.807) is 12.1 Å². The molecule has 0 amide bonds. The predicted octanol–water partition coefficient (Wildman–Crippen LogP) is 5.38. The quantitative estimate of drug-likeness (QED) is 0.806. The molecule has 0 aliphatic heterocycles. The molecule has 0 aliphatic rings. The summed E-state index contributed by atoms with van der Waals surface area (Å²) in [5, 5.41) is 11.3. The highest BCUT2D eigenvalue weighted by atomic mass is 35.5. The summed E-state index contributed by atoms with van der Waals surface area (Å²) >= 11 is 17.9. The monoisotopic (exact) mass is 344 g/mol. The van der Waals surface area contributed by atoms with E-state index in [2.05, 4.69) is 0 Å². The van der Waals surface area contributed by atoms with E-state index >= 15 is 0 Å². The highest BCUT2D eigenvalue weighted by Gasteiger charge is 2.14. The average molecular weight is 346 g/mol. The molecular weight excluding hydrogens is 331 g/mol. The molecule has 0 heterocycles. The lowest BCUT2D eigenvalue weighted by Crippen LogP contribution is -2.10. The Morgan fingerprint density at radius 2 is 1.48 bits per heavy atom. The summed E-state index contributed by atoms with van der Waals surface area (Å²) in [4.78, 5) is 0. The maximum absolute atomic E-state index is 10.2. The molecule has 0 fully saturated rings. The fourth-order valence-corrected chi connectivity index (χ4v) is 3.05. The smallest absolute Gasteiger partial charge is 0.156 e. The van der Waals surface area contributed by atoms with Crippen LogP contribution in [0.1, 0.15) is 22.8 Å². The van der Waals surface area contributed by atoms with Gasteiger partial charge in [-0.3, -0.25) is 0 Å². The Hall–Kier alpha value is -0.930. The third-order valence-electron chi connectivity index (χ3n) is 2.98. The third-order valence-corrected chi connectivity index (χ3v) is 3.76. The van der Waals surface area contributed by atoms with E-state index in [0.717, 1.165) is 16.7 Å². The average Bonchev–Trinajstić information content (AvgIpc) is 2.35. The van der Waals surface area contributed by atoms with Crippen LogP contribution in [0.3, 0.4) is 0 Å². The van der Waals surface area contributed by atoms with Crippen LogP contribution in [0, 0.1) is 13.8 Å². The number of aryl methyl sites for hydroxylation is 2. The van der Waals surface area contributed by atoms with Gasteiger partial charge in [-0.25, -0.2) is 0 Å². The van der Waals surface area contributed by atoms with Crippen LogP contribution in [0.2, 0.25) is 15.1 Å². The van der Waals surface area contributed by atoms with Gasteiger partial charge >= 0.3 is 0 Å². The molecule has 112 valence electrons. The highest BCUT2D eigenvalue weighted by Crippen LogP contribution is 2.36. The molecule has 0 saturated heterocycles. The minimum absolute atomic E-state index is 0.0595. The number of ether oxygens (including phenoxy) is 1. The van der Waals surface area contributed by atoms with Gasteiger partial charge in [-0.2, -0.15) is 0 Å². The number of hydrogen-bond acceptors (Lipinski definition) is 2. The number of rotatable bonds is 4. The summed E-state index contributed by atoms with van der Waals surface area (Å²) < 4.78 is 5.55. The number of halogens is 3. The zero-order valence-corrected chi connectivity index (χ0v) is 13.9. The van der Waals surface area contributed by atoms with Crippen LogP contribution in [-0.2, 0) is 0 Å². The van der Waals surface area contributed by atoms with Crippen molar-refractivity contribution in [3.8, 4) is 5.75 Å². The van der Waals surface area contributed by atoms with Gasteiger partial charge in [0, 0.05) is 5.02 Å². The van der Waals surface area contributed by atoms with Gasteiger partial charge in [-0.05, 0) is 31.5 Å². The van der Waals surface area contributed by atoms with Crippen molar-refractivity contribution in [3.05, 3.63) is 62.1 Å². The van der Waals surface area contributed by atoms with Crippen molar-refractivity contribution in [2.24, 2.45) is 0 Å². The Balaban J connectivity index is 2.12. The topological polar surface area (TPSA) is 29.5 Å². The highest BCUT2D eigenvalue weighted by molar-refractivity contribution is 6.40. The minimum atomic E-state index is -0.758. The molecule has 0 radical (unpaired) electrons. The summed E-state index contributed by atoms with van der Waals surface area (Å²) in [6.45, 7) is 4.03. The van der Waals surface area contributed by atoms with E-state index in [-0.39, 0.29) is 6.61 Å². The van der Waals surface area contributed by atoms with E-state index in [9.17, 15) is 5.11 Å². The summed E-state index contributed by atoms with van der Waals surface area (Å²) in [5.41, 5.74) is 2.98. The molecule has 0 aromatic heterocycles. The van der Waals surface area contributed by atoms with Gasteiger partial charge in [0.15, 0.2) is 5.75 Å². The van der Waals surface area contributed by atoms with E-state index < -0.39 is 6.10 Å². The van der Waals surface area contributed by atoms with Crippen molar-refractivity contribution in [2.45, 2.75) is 20.0 Å². The number of benzene rings is 2. The summed E-state index contributed by atoms with van der Waals surface area (Å²) in [6, 6.07) is 8.99.